The molecule has 26 heavy (non-hydrogen) atoms. The molecule has 1 aromatic heterocycles. The number of aliphatic hydroxyl groups is 1. The summed E-state index contributed by atoms with van der Waals surface area (Å²) in [5, 5.41) is 17.9. The highest BCUT2D eigenvalue weighted by molar-refractivity contribution is 7.17. The third-order valence-electron chi connectivity index (χ3n) is 3.90. The van der Waals surface area contributed by atoms with E-state index in [9.17, 15) is 19.1 Å². The summed E-state index contributed by atoms with van der Waals surface area (Å²) in [6.45, 7) is 0.0494. The van der Waals surface area contributed by atoms with Crippen LogP contribution in [0.4, 0.5) is 4.39 Å². The molecule has 5 nitrogen and oxygen atoms in total. The minimum Gasteiger partial charge on any atom is -0.387 e. The van der Waals surface area contributed by atoms with Gasteiger partial charge in [0.05, 0.1) is 6.10 Å². The number of thiophene rings is 1. The van der Waals surface area contributed by atoms with Gasteiger partial charge in [-0.15, -0.1) is 11.3 Å². The zero-order valence-electron chi connectivity index (χ0n) is 13.7. The standard InChI is InChI=1S/C19H17FN2O3S/c20-13-7-5-12(6-8-13)9-21-18(24)19(25)22-10-16(23)15-11-26-17-4-2-1-3-14(15)17/h1-8,11,16,23H,9-10H2,(H,21,24)(H,22,25)/t16-/m0/s1. The lowest BCUT2D eigenvalue weighted by Crippen LogP contribution is -2.41. The van der Waals surface area contributed by atoms with Gasteiger partial charge in [-0.1, -0.05) is 30.3 Å². The Labute approximate surface area is 153 Å². The lowest BCUT2D eigenvalue weighted by atomic mass is 10.1. The second-order valence-electron chi connectivity index (χ2n) is 5.72. The average Bonchev–Trinajstić information content (AvgIpc) is 3.09. The van der Waals surface area contributed by atoms with E-state index in [0.29, 0.717) is 5.56 Å². The third kappa shape index (κ3) is 4.25. The highest BCUT2D eigenvalue weighted by Gasteiger charge is 2.17. The summed E-state index contributed by atoms with van der Waals surface area (Å²) in [4.78, 5) is 23.7. The van der Waals surface area contributed by atoms with Crippen LogP contribution in [-0.2, 0) is 16.1 Å². The molecule has 0 fully saturated rings. The van der Waals surface area contributed by atoms with Gasteiger partial charge >= 0.3 is 11.8 Å². The number of amides is 2. The number of carbonyl (C=O) groups excluding carboxylic acids is 2. The van der Waals surface area contributed by atoms with E-state index < -0.39 is 17.9 Å². The average molecular weight is 372 g/mol. The Morgan fingerprint density at radius 2 is 1.73 bits per heavy atom. The lowest BCUT2D eigenvalue weighted by molar-refractivity contribution is -0.139. The van der Waals surface area contributed by atoms with Crippen LogP contribution in [0.25, 0.3) is 10.1 Å². The van der Waals surface area contributed by atoms with E-state index >= 15 is 0 Å². The molecule has 0 saturated carbocycles. The van der Waals surface area contributed by atoms with Gasteiger partial charge in [0.15, 0.2) is 0 Å². The van der Waals surface area contributed by atoms with E-state index in [4.69, 9.17) is 0 Å². The van der Waals surface area contributed by atoms with Crippen LogP contribution >= 0.6 is 11.3 Å². The summed E-state index contributed by atoms with van der Waals surface area (Å²) in [7, 11) is 0. The SMILES string of the molecule is O=C(NCc1ccc(F)cc1)C(=O)NC[C@H](O)c1csc2ccccc12. The van der Waals surface area contributed by atoms with E-state index in [1.54, 1.807) is 0 Å². The highest BCUT2D eigenvalue weighted by Crippen LogP contribution is 2.29. The zero-order valence-corrected chi connectivity index (χ0v) is 14.6. The van der Waals surface area contributed by atoms with Crippen LogP contribution in [0.5, 0.6) is 0 Å². The lowest BCUT2D eigenvalue weighted by Gasteiger charge is -2.11. The van der Waals surface area contributed by atoms with Crippen molar-refractivity contribution in [2.45, 2.75) is 12.6 Å². The van der Waals surface area contributed by atoms with E-state index in [0.717, 1.165) is 15.6 Å². The summed E-state index contributed by atoms with van der Waals surface area (Å²) in [5.74, 6) is -2.00. The molecule has 1 heterocycles. The van der Waals surface area contributed by atoms with Crippen molar-refractivity contribution in [1.82, 2.24) is 10.6 Å². The Bertz CT molecular complexity index is 924. The first-order chi connectivity index (χ1) is 12.5. The molecule has 0 aliphatic rings. The fourth-order valence-electron chi connectivity index (χ4n) is 2.50. The van der Waals surface area contributed by atoms with Gasteiger partial charge in [0, 0.05) is 23.4 Å². The fraction of sp³-hybridized carbons (Fsp3) is 0.158. The highest BCUT2D eigenvalue weighted by atomic mass is 32.1. The first kappa shape index (κ1) is 18.0. The topological polar surface area (TPSA) is 78.4 Å². The number of hydrogen-bond donors (Lipinski definition) is 3. The van der Waals surface area contributed by atoms with Gasteiger partial charge in [-0.3, -0.25) is 9.59 Å². The van der Waals surface area contributed by atoms with Gasteiger partial charge in [0.1, 0.15) is 5.82 Å². The minimum atomic E-state index is -0.903. The van der Waals surface area contributed by atoms with Crippen molar-refractivity contribution in [2.24, 2.45) is 0 Å². The molecule has 0 radical (unpaired) electrons. The van der Waals surface area contributed by atoms with E-state index in [-0.39, 0.29) is 18.9 Å². The van der Waals surface area contributed by atoms with Gasteiger partial charge in [-0.05, 0) is 34.5 Å². The molecule has 3 aromatic rings. The van der Waals surface area contributed by atoms with E-state index in [2.05, 4.69) is 10.6 Å². The third-order valence-corrected chi connectivity index (χ3v) is 4.88. The molecule has 2 amide bonds. The number of benzene rings is 2. The molecule has 0 bridgehead atoms. The summed E-state index contributed by atoms with van der Waals surface area (Å²) in [5.41, 5.74) is 1.40. The molecule has 0 aliphatic heterocycles. The van der Waals surface area contributed by atoms with Crippen molar-refractivity contribution in [3.05, 3.63) is 70.9 Å². The van der Waals surface area contributed by atoms with Crippen LogP contribution in [-0.4, -0.2) is 23.5 Å². The van der Waals surface area contributed by atoms with Crippen molar-refractivity contribution in [3.8, 4) is 0 Å². The Hall–Kier alpha value is -2.77. The number of halogens is 1. The Morgan fingerprint density at radius 1 is 1.04 bits per heavy atom. The maximum Gasteiger partial charge on any atom is 0.309 e. The number of nitrogens with one attached hydrogen (secondary N) is 2. The van der Waals surface area contributed by atoms with E-state index in [1.165, 1.54) is 35.6 Å². The fourth-order valence-corrected chi connectivity index (χ4v) is 3.51. The maximum atomic E-state index is 12.8. The maximum absolute atomic E-state index is 12.8. The summed E-state index contributed by atoms with van der Waals surface area (Å²) >= 11 is 1.51. The van der Waals surface area contributed by atoms with Crippen LogP contribution in [0.15, 0.2) is 53.9 Å². The van der Waals surface area contributed by atoms with Crippen LogP contribution in [0.1, 0.15) is 17.2 Å². The monoisotopic (exact) mass is 372 g/mol. The summed E-state index contributed by atoms with van der Waals surface area (Å²) in [6.07, 6.45) is -0.903. The second kappa shape index (κ2) is 8.07. The molecule has 0 unspecified atom stereocenters. The minimum absolute atomic E-state index is 0.0659. The Kier molecular flexibility index (Phi) is 5.60. The van der Waals surface area contributed by atoms with Gasteiger partial charge in [-0.25, -0.2) is 4.39 Å². The van der Waals surface area contributed by atoms with Gasteiger partial charge < -0.3 is 15.7 Å². The van der Waals surface area contributed by atoms with Crippen LogP contribution in [0, 0.1) is 5.82 Å². The first-order valence-corrected chi connectivity index (χ1v) is 8.87. The molecular weight excluding hydrogens is 355 g/mol. The van der Waals surface area contributed by atoms with Crippen molar-refractivity contribution >= 4 is 33.2 Å². The molecule has 1 atom stereocenters. The Morgan fingerprint density at radius 3 is 2.50 bits per heavy atom. The molecule has 3 rings (SSSR count). The van der Waals surface area contributed by atoms with Gasteiger partial charge in [-0.2, -0.15) is 0 Å². The second-order valence-corrected chi connectivity index (χ2v) is 6.63. The number of hydrogen-bond acceptors (Lipinski definition) is 4. The molecule has 3 N–H and O–H groups in total. The van der Waals surface area contributed by atoms with Crippen LogP contribution < -0.4 is 10.6 Å². The van der Waals surface area contributed by atoms with Crippen molar-refractivity contribution in [2.75, 3.05) is 6.54 Å². The smallest absolute Gasteiger partial charge is 0.309 e. The first-order valence-electron chi connectivity index (χ1n) is 7.99. The van der Waals surface area contributed by atoms with Crippen LogP contribution in [0.3, 0.4) is 0 Å². The van der Waals surface area contributed by atoms with Crippen molar-refractivity contribution < 1.29 is 19.1 Å². The quantitative estimate of drug-likeness (QED) is 0.602. The summed E-state index contributed by atoms with van der Waals surface area (Å²) in [6, 6.07) is 13.3. The molecule has 2 aromatic carbocycles. The normalized spacial score (nSPS) is 11.9. The molecular formula is C19H17FN2O3S. The molecule has 0 saturated heterocycles. The Balaban J connectivity index is 1.51. The largest absolute Gasteiger partial charge is 0.387 e. The number of aliphatic hydroxyl groups excluding tert-OH is 1. The van der Waals surface area contributed by atoms with Crippen molar-refractivity contribution in [1.29, 1.82) is 0 Å². The molecule has 7 heteroatoms. The molecule has 134 valence electrons. The van der Waals surface area contributed by atoms with E-state index in [1.807, 2.05) is 29.6 Å². The predicted octanol–water partition coefficient (Wildman–Crippen LogP) is 2.51. The molecule has 0 spiro atoms. The van der Waals surface area contributed by atoms with Gasteiger partial charge in [0.2, 0.25) is 0 Å². The molecule has 0 aliphatic carbocycles. The zero-order chi connectivity index (χ0) is 18.5. The number of carbonyl (C=O) groups is 2. The summed E-state index contributed by atoms with van der Waals surface area (Å²) < 4.78 is 13.9. The predicted molar refractivity (Wildman–Crippen MR) is 98.0 cm³/mol. The van der Waals surface area contributed by atoms with Gasteiger partial charge in [0.25, 0.3) is 0 Å². The van der Waals surface area contributed by atoms with Crippen LogP contribution in [0.2, 0.25) is 0 Å². The van der Waals surface area contributed by atoms with Crippen molar-refractivity contribution in [3.63, 3.8) is 0 Å². The number of rotatable bonds is 5. The number of fused-ring (bicyclic) bond motifs is 1.